The van der Waals surface area contributed by atoms with Crippen molar-refractivity contribution in [2.24, 2.45) is 5.92 Å². The van der Waals surface area contributed by atoms with Crippen LogP contribution in [-0.4, -0.2) is 46.4 Å². The third kappa shape index (κ3) is 5.10. The Balaban J connectivity index is 1.49. The molecule has 1 heterocycles. The first kappa shape index (κ1) is 20.3. The van der Waals surface area contributed by atoms with E-state index in [-0.39, 0.29) is 24.1 Å². The van der Waals surface area contributed by atoms with Crippen molar-refractivity contribution >= 4 is 23.3 Å². The largest absolute Gasteiger partial charge is 0.481 e. The number of amides is 1. The molecule has 2 N–H and O–H groups in total. The molecule has 1 aliphatic heterocycles. The summed E-state index contributed by atoms with van der Waals surface area (Å²) >= 11 is 0. The number of hydrogen-bond acceptors (Lipinski definition) is 5. The van der Waals surface area contributed by atoms with E-state index in [1.165, 1.54) is 12.1 Å². The Kier molecular flexibility index (Phi) is 6.43. The fourth-order valence-electron chi connectivity index (χ4n) is 3.63. The molecule has 1 aliphatic rings. The topological polar surface area (TPSA) is 113 Å². The summed E-state index contributed by atoms with van der Waals surface area (Å²) in [7, 11) is 0. The van der Waals surface area contributed by atoms with Crippen molar-refractivity contribution in [3.63, 3.8) is 0 Å². The van der Waals surface area contributed by atoms with Gasteiger partial charge in [0.2, 0.25) is 5.91 Å². The lowest BCUT2D eigenvalue weighted by Gasteiger charge is -2.16. The van der Waals surface area contributed by atoms with Gasteiger partial charge in [0.05, 0.1) is 10.8 Å². The number of carbonyl (C=O) groups excluding carboxylic acids is 1. The number of nitrogens with zero attached hydrogens (tertiary/aromatic N) is 2. The summed E-state index contributed by atoms with van der Waals surface area (Å²) in [5, 5.41) is 23.3. The molecule has 0 bridgehead atoms. The van der Waals surface area contributed by atoms with Crippen LogP contribution >= 0.6 is 0 Å². The van der Waals surface area contributed by atoms with Crippen LogP contribution in [0.5, 0.6) is 0 Å². The quantitative estimate of drug-likeness (QED) is 0.402. The highest BCUT2D eigenvalue weighted by molar-refractivity contribution is 5.79. The Morgan fingerprint density at radius 1 is 1.10 bits per heavy atom. The van der Waals surface area contributed by atoms with Crippen LogP contribution in [0.4, 0.5) is 11.4 Å². The highest BCUT2D eigenvalue weighted by Crippen LogP contribution is 2.33. The highest BCUT2D eigenvalue weighted by Gasteiger charge is 2.40. The van der Waals surface area contributed by atoms with Crippen molar-refractivity contribution in [3.8, 4) is 0 Å². The Bertz CT molecular complexity index is 870. The number of nitro benzene ring substituents is 1. The van der Waals surface area contributed by atoms with E-state index in [1.54, 1.807) is 17.0 Å². The van der Waals surface area contributed by atoms with Gasteiger partial charge in [0.25, 0.3) is 5.69 Å². The fraction of sp³-hybridized carbons (Fsp3) is 0.333. The van der Waals surface area contributed by atoms with E-state index in [1.807, 2.05) is 30.3 Å². The molecule has 0 spiro atoms. The van der Waals surface area contributed by atoms with Gasteiger partial charge in [-0.05, 0) is 24.1 Å². The zero-order valence-electron chi connectivity index (χ0n) is 15.9. The van der Waals surface area contributed by atoms with E-state index < -0.39 is 16.8 Å². The number of carbonyl (C=O) groups is 2. The normalized spacial score (nSPS) is 18.4. The smallest absolute Gasteiger partial charge is 0.308 e. The molecule has 0 radical (unpaired) electrons. The number of nitro groups is 1. The second-order valence-corrected chi connectivity index (χ2v) is 7.09. The lowest BCUT2D eigenvalue weighted by Crippen LogP contribution is -2.30. The second-order valence-electron chi connectivity index (χ2n) is 7.09. The van der Waals surface area contributed by atoms with Crippen molar-refractivity contribution in [2.75, 3.05) is 25.0 Å². The molecule has 152 valence electrons. The van der Waals surface area contributed by atoms with Crippen LogP contribution in [0.15, 0.2) is 54.6 Å². The van der Waals surface area contributed by atoms with Gasteiger partial charge in [-0.1, -0.05) is 30.3 Å². The van der Waals surface area contributed by atoms with Gasteiger partial charge in [-0.25, -0.2) is 0 Å². The molecule has 0 unspecified atom stereocenters. The van der Waals surface area contributed by atoms with Crippen LogP contribution in [0.3, 0.4) is 0 Å². The molecule has 2 aromatic rings. The second kappa shape index (κ2) is 9.18. The average molecular weight is 397 g/mol. The van der Waals surface area contributed by atoms with Crippen LogP contribution in [-0.2, 0) is 9.59 Å². The Hall–Kier alpha value is -3.42. The van der Waals surface area contributed by atoms with Crippen molar-refractivity contribution in [3.05, 3.63) is 70.3 Å². The number of non-ortho nitro benzene ring substituents is 1. The molecule has 1 fully saturated rings. The molecule has 8 nitrogen and oxygen atoms in total. The number of carboxylic acids is 1. The molecule has 29 heavy (non-hydrogen) atoms. The van der Waals surface area contributed by atoms with Crippen molar-refractivity contribution < 1.29 is 19.6 Å². The summed E-state index contributed by atoms with van der Waals surface area (Å²) in [6, 6.07) is 15.6. The first-order valence-electron chi connectivity index (χ1n) is 9.49. The van der Waals surface area contributed by atoms with Gasteiger partial charge in [0.1, 0.15) is 0 Å². The molecule has 8 heteroatoms. The van der Waals surface area contributed by atoms with Gasteiger partial charge >= 0.3 is 5.97 Å². The molecular formula is C21H23N3O5. The van der Waals surface area contributed by atoms with Crippen molar-refractivity contribution in [2.45, 2.75) is 18.8 Å². The summed E-state index contributed by atoms with van der Waals surface area (Å²) in [6.45, 7) is 1.18. The molecule has 2 aromatic carbocycles. The van der Waals surface area contributed by atoms with E-state index in [2.05, 4.69) is 5.32 Å². The molecule has 1 amide bonds. The molecule has 3 rings (SSSR count). The summed E-state index contributed by atoms with van der Waals surface area (Å²) in [5.41, 5.74) is 1.72. The predicted molar refractivity (Wildman–Crippen MR) is 108 cm³/mol. The van der Waals surface area contributed by atoms with Crippen LogP contribution in [0.25, 0.3) is 0 Å². The van der Waals surface area contributed by atoms with E-state index in [9.17, 15) is 24.8 Å². The molecule has 2 atom stereocenters. The van der Waals surface area contributed by atoms with Gasteiger partial charge in [-0.3, -0.25) is 19.7 Å². The molecular weight excluding hydrogens is 374 g/mol. The summed E-state index contributed by atoms with van der Waals surface area (Å²) in [4.78, 5) is 36.0. The minimum Gasteiger partial charge on any atom is -0.481 e. The number of carboxylic acid groups (broad SMARTS) is 1. The van der Waals surface area contributed by atoms with Gasteiger partial charge in [-0.2, -0.15) is 0 Å². The first-order valence-corrected chi connectivity index (χ1v) is 9.49. The Morgan fingerprint density at radius 2 is 1.79 bits per heavy atom. The summed E-state index contributed by atoms with van der Waals surface area (Å²) in [5.74, 6) is -1.73. The van der Waals surface area contributed by atoms with E-state index in [0.29, 0.717) is 25.9 Å². The average Bonchev–Trinajstić information content (AvgIpc) is 3.18. The van der Waals surface area contributed by atoms with E-state index in [4.69, 9.17) is 0 Å². The number of hydrogen-bond donors (Lipinski definition) is 2. The van der Waals surface area contributed by atoms with E-state index in [0.717, 1.165) is 11.3 Å². The maximum absolute atomic E-state index is 12.6. The highest BCUT2D eigenvalue weighted by atomic mass is 16.6. The zero-order valence-corrected chi connectivity index (χ0v) is 15.9. The number of benzene rings is 2. The van der Waals surface area contributed by atoms with Crippen molar-refractivity contribution in [1.82, 2.24) is 4.90 Å². The standard InChI is InChI=1S/C21H23N3O5/c25-20(7-4-12-22-16-8-10-17(11-9-16)24(28)29)23-13-18(19(14-23)21(26)27)15-5-2-1-3-6-15/h1-3,5-6,8-11,18-19,22H,4,7,12-14H2,(H,26,27)/t18-,19-/m1/s1. The lowest BCUT2D eigenvalue weighted by atomic mass is 9.89. The van der Waals surface area contributed by atoms with Gasteiger partial charge in [0.15, 0.2) is 0 Å². The number of anilines is 1. The van der Waals surface area contributed by atoms with Gasteiger partial charge in [0, 0.05) is 49.8 Å². The van der Waals surface area contributed by atoms with Crippen molar-refractivity contribution in [1.29, 1.82) is 0 Å². The zero-order chi connectivity index (χ0) is 20.8. The molecule has 0 aliphatic carbocycles. The first-order chi connectivity index (χ1) is 14.0. The molecule has 0 saturated carbocycles. The monoisotopic (exact) mass is 397 g/mol. The SMILES string of the molecule is O=C(O)[C@@H]1CN(C(=O)CCCNc2ccc([N+](=O)[O-])cc2)C[C@@H]1c1ccccc1. The molecule has 0 aromatic heterocycles. The van der Waals surface area contributed by atoms with Gasteiger partial charge < -0.3 is 15.3 Å². The Labute approximate surface area is 168 Å². The number of likely N-dealkylation sites (tertiary alicyclic amines) is 1. The number of nitrogens with one attached hydrogen (secondary N) is 1. The number of rotatable bonds is 8. The molecule has 1 saturated heterocycles. The minimum atomic E-state index is -0.881. The fourth-order valence-corrected chi connectivity index (χ4v) is 3.63. The van der Waals surface area contributed by atoms with Gasteiger partial charge in [-0.15, -0.1) is 0 Å². The third-order valence-electron chi connectivity index (χ3n) is 5.19. The number of aliphatic carboxylic acids is 1. The third-order valence-corrected chi connectivity index (χ3v) is 5.19. The lowest BCUT2D eigenvalue weighted by molar-refractivity contribution is -0.384. The maximum atomic E-state index is 12.6. The Morgan fingerprint density at radius 3 is 2.41 bits per heavy atom. The van der Waals surface area contributed by atoms with Crippen LogP contribution < -0.4 is 5.32 Å². The van der Waals surface area contributed by atoms with Crippen LogP contribution in [0.1, 0.15) is 24.3 Å². The summed E-state index contributed by atoms with van der Waals surface area (Å²) < 4.78 is 0. The van der Waals surface area contributed by atoms with Crippen LogP contribution in [0.2, 0.25) is 0 Å². The maximum Gasteiger partial charge on any atom is 0.308 e. The van der Waals surface area contributed by atoms with E-state index >= 15 is 0 Å². The minimum absolute atomic E-state index is 0.0284. The predicted octanol–water partition coefficient (Wildman–Crippen LogP) is 3.11. The van der Waals surface area contributed by atoms with Crippen LogP contribution in [0, 0.1) is 16.0 Å². The summed E-state index contributed by atoms with van der Waals surface area (Å²) in [6.07, 6.45) is 0.897.